The second kappa shape index (κ2) is 3.69. The Morgan fingerprint density at radius 1 is 1.45 bits per heavy atom. The van der Waals surface area contributed by atoms with Crippen LogP contribution in [0.25, 0.3) is 0 Å². The molecule has 0 heterocycles. The average molecular weight is 174 g/mol. The second-order valence-electron chi connectivity index (χ2n) is 2.28. The van der Waals surface area contributed by atoms with Crippen molar-refractivity contribution < 1.29 is 4.39 Å². The van der Waals surface area contributed by atoms with E-state index in [-0.39, 0.29) is 11.7 Å². The molecule has 0 amide bonds. The third kappa shape index (κ3) is 1.91. The first kappa shape index (κ1) is 8.50. The van der Waals surface area contributed by atoms with Crippen molar-refractivity contribution in [1.82, 2.24) is 0 Å². The van der Waals surface area contributed by atoms with Crippen LogP contribution in [0.2, 0.25) is 0 Å². The zero-order valence-electron chi connectivity index (χ0n) is 5.93. The Morgan fingerprint density at radius 2 is 2.09 bits per heavy atom. The van der Waals surface area contributed by atoms with Crippen molar-refractivity contribution in [3.05, 3.63) is 35.6 Å². The molecule has 1 aromatic carbocycles. The van der Waals surface area contributed by atoms with E-state index < -0.39 is 6.04 Å². The van der Waals surface area contributed by atoms with Crippen LogP contribution in [0.4, 0.5) is 4.39 Å². The normalized spacial score (nSPS) is 13.0. The van der Waals surface area contributed by atoms with Crippen LogP contribution in [0.1, 0.15) is 11.6 Å². The van der Waals surface area contributed by atoms with E-state index in [0.717, 1.165) is 0 Å². The summed E-state index contributed by atoms with van der Waals surface area (Å²) in [6, 6.07) is 5.98. The average Bonchev–Trinajstić information content (AvgIpc) is 2.04. The highest BCUT2D eigenvalue weighted by molar-refractivity contribution is 6.18. The summed E-state index contributed by atoms with van der Waals surface area (Å²) in [7, 11) is 0. The van der Waals surface area contributed by atoms with Crippen LogP contribution in [-0.4, -0.2) is 5.88 Å². The van der Waals surface area contributed by atoms with Gasteiger partial charge in [-0.3, -0.25) is 0 Å². The summed E-state index contributed by atoms with van der Waals surface area (Å²) < 4.78 is 12.9. The zero-order valence-corrected chi connectivity index (χ0v) is 6.68. The van der Waals surface area contributed by atoms with Crippen LogP contribution in [0.3, 0.4) is 0 Å². The fourth-order valence-corrected chi connectivity index (χ4v) is 1.03. The summed E-state index contributed by atoms with van der Waals surface area (Å²) in [5.41, 5.74) is 6.00. The summed E-state index contributed by atoms with van der Waals surface area (Å²) in [6.45, 7) is 0. The molecule has 0 aliphatic heterocycles. The van der Waals surface area contributed by atoms with E-state index in [0.29, 0.717) is 5.56 Å². The molecule has 0 saturated heterocycles. The van der Waals surface area contributed by atoms with Crippen molar-refractivity contribution in [2.75, 3.05) is 5.88 Å². The molecule has 1 nitrogen and oxygen atoms in total. The predicted octanol–water partition coefficient (Wildman–Crippen LogP) is 2.06. The fraction of sp³-hybridized carbons (Fsp3) is 0.250. The molecule has 1 atom stereocenters. The topological polar surface area (TPSA) is 26.0 Å². The molecule has 2 N–H and O–H groups in total. The van der Waals surface area contributed by atoms with Gasteiger partial charge in [-0.2, -0.15) is 0 Å². The van der Waals surface area contributed by atoms with Gasteiger partial charge in [-0.1, -0.05) is 18.2 Å². The van der Waals surface area contributed by atoms with Gasteiger partial charge >= 0.3 is 0 Å². The molecule has 0 aromatic heterocycles. The molecule has 0 spiro atoms. The minimum atomic E-state index is -0.405. The summed E-state index contributed by atoms with van der Waals surface area (Å²) in [6.07, 6.45) is 0. The molecular weight excluding hydrogens is 165 g/mol. The molecule has 1 aromatic rings. The lowest BCUT2D eigenvalue weighted by atomic mass is 10.1. The minimum Gasteiger partial charge on any atom is -0.323 e. The maximum atomic E-state index is 12.9. The third-order valence-corrected chi connectivity index (χ3v) is 1.80. The largest absolute Gasteiger partial charge is 0.323 e. The highest BCUT2D eigenvalue weighted by Gasteiger charge is 2.07. The zero-order chi connectivity index (χ0) is 8.27. The highest BCUT2D eigenvalue weighted by Crippen LogP contribution is 2.14. The smallest absolute Gasteiger partial charge is 0.128 e. The van der Waals surface area contributed by atoms with Crippen molar-refractivity contribution in [2.24, 2.45) is 5.73 Å². The number of rotatable bonds is 2. The standard InChI is InChI=1S/C8H9ClFN/c9-5-8(11)6-3-1-2-4-7(6)10/h1-4,8H,5,11H2. The first-order valence-corrected chi connectivity index (χ1v) is 3.85. The quantitative estimate of drug-likeness (QED) is 0.681. The molecule has 0 radical (unpaired) electrons. The number of nitrogens with two attached hydrogens (primary N) is 1. The molecule has 1 unspecified atom stereocenters. The van der Waals surface area contributed by atoms with Crippen LogP contribution in [0.15, 0.2) is 24.3 Å². The lowest BCUT2D eigenvalue weighted by molar-refractivity contribution is 0.595. The molecule has 60 valence electrons. The van der Waals surface area contributed by atoms with E-state index in [2.05, 4.69) is 0 Å². The van der Waals surface area contributed by atoms with Gasteiger partial charge in [-0.15, -0.1) is 11.6 Å². The lowest BCUT2D eigenvalue weighted by Crippen LogP contribution is -2.13. The molecule has 11 heavy (non-hydrogen) atoms. The van der Waals surface area contributed by atoms with Gasteiger partial charge in [0.2, 0.25) is 0 Å². The van der Waals surface area contributed by atoms with Crippen molar-refractivity contribution in [2.45, 2.75) is 6.04 Å². The van der Waals surface area contributed by atoms with Gasteiger partial charge in [0.1, 0.15) is 5.82 Å². The van der Waals surface area contributed by atoms with Crippen LogP contribution < -0.4 is 5.73 Å². The first-order valence-electron chi connectivity index (χ1n) is 3.31. The monoisotopic (exact) mass is 173 g/mol. The number of hydrogen-bond acceptors (Lipinski definition) is 1. The Kier molecular flexibility index (Phi) is 2.85. The van der Waals surface area contributed by atoms with Gasteiger partial charge < -0.3 is 5.73 Å². The molecule has 1 rings (SSSR count). The molecular formula is C8H9ClFN. The van der Waals surface area contributed by atoms with Crippen LogP contribution >= 0.6 is 11.6 Å². The maximum absolute atomic E-state index is 12.9. The Bertz CT molecular complexity index is 239. The summed E-state index contributed by atoms with van der Waals surface area (Å²) in [5.74, 6) is -0.0540. The van der Waals surface area contributed by atoms with Crippen molar-refractivity contribution in [1.29, 1.82) is 0 Å². The Morgan fingerprint density at radius 3 is 2.64 bits per heavy atom. The summed E-state index contributed by atoms with van der Waals surface area (Å²) >= 11 is 5.47. The molecule has 0 bridgehead atoms. The van der Waals surface area contributed by atoms with Crippen molar-refractivity contribution in [3.8, 4) is 0 Å². The van der Waals surface area contributed by atoms with Crippen molar-refractivity contribution >= 4 is 11.6 Å². The van der Waals surface area contributed by atoms with E-state index in [9.17, 15) is 4.39 Å². The van der Waals surface area contributed by atoms with Gasteiger partial charge in [0.25, 0.3) is 0 Å². The predicted molar refractivity (Wildman–Crippen MR) is 44.0 cm³/mol. The third-order valence-electron chi connectivity index (χ3n) is 1.47. The first-order chi connectivity index (χ1) is 5.25. The van der Waals surface area contributed by atoms with Crippen LogP contribution in [0, 0.1) is 5.82 Å². The number of hydrogen-bond donors (Lipinski definition) is 1. The SMILES string of the molecule is NC(CCl)c1ccccc1F. The van der Waals surface area contributed by atoms with Gasteiger partial charge in [0.05, 0.1) is 0 Å². The van der Waals surface area contributed by atoms with E-state index in [1.165, 1.54) is 6.07 Å². The second-order valence-corrected chi connectivity index (χ2v) is 2.59. The Labute approximate surface area is 70.0 Å². The van der Waals surface area contributed by atoms with Crippen molar-refractivity contribution in [3.63, 3.8) is 0 Å². The van der Waals surface area contributed by atoms with Gasteiger partial charge in [0.15, 0.2) is 0 Å². The molecule has 0 saturated carbocycles. The molecule has 0 aliphatic rings. The summed E-state index contributed by atoms with van der Waals surface area (Å²) in [4.78, 5) is 0. The molecule has 0 aliphatic carbocycles. The highest BCUT2D eigenvalue weighted by atomic mass is 35.5. The van der Waals surface area contributed by atoms with Crippen LogP contribution in [0.5, 0.6) is 0 Å². The minimum absolute atomic E-state index is 0.237. The molecule has 3 heteroatoms. The lowest BCUT2D eigenvalue weighted by Gasteiger charge is -2.07. The van der Waals surface area contributed by atoms with Gasteiger partial charge in [-0.05, 0) is 6.07 Å². The Balaban J connectivity index is 2.93. The van der Waals surface area contributed by atoms with Gasteiger partial charge in [-0.25, -0.2) is 4.39 Å². The number of alkyl halides is 1. The van der Waals surface area contributed by atoms with E-state index >= 15 is 0 Å². The summed E-state index contributed by atoms with van der Waals surface area (Å²) in [5, 5.41) is 0. The van der Waals surface area contributed by atoms with Gasteiger partial charge in [0, 0.05) is 17.5 Å². The van der Waals surface area contributed by atoms with E-state index in [1.54, 1.807) is 18.2 Å². The maximum Gasteiger partial charge on any atom is 0.128 e. The van der Waals surface area contributed by atoms with E-state index in [1.807, 2.05) is 0 Å². The molecule has 0 fully saturated rings. The van der Waals surface area contributed by atoms with Crippen LogP contribution in [-0.2, 0) is 0 Å². The Hall–Kier alpha value is -0.600. The number of benzene rings is 1. The fourth-order valence-electron chi connectivity index (χ4n) is 0.859. The number of halogens is 2. The van der Waals surface area contributed by atoms with E-state index in [4.69, 9.17) is 17.3 Å².